The van der Waals surface area contributed by atoms with Gasteiger partial charge in [-0.1, -0.05) is 41.4 Å². The molecule has 22 heavy (non-hydrogen) atoms. The van der Waals surface area contributed by atoms with Crippen molar-refractivity contribution in [2.75, 3.05) is 4.90 Å². The van der Waals surface area contributed by atoms with Gasteiger partial charge in [0.2, 0.25) is 0 Å². The van der Waals surface area contributed by atoms with Crippen LogP contribution >= 0.6 is 35.0 Å². The van der Waals surface area contributed by atoms with E-state index in [-0.39, 0.29) is 11.1 Å². The molecule has 110 valence electrons. The second-order valence-electron chi connectivity index (χ2n) is 4.55. The number of hydrogen-bond donors (Lipinski definition) is 0. The van der Waals surface area contributed by atoms with Gasteiger partial charge in [-0.25, -0.2) is 4.90 Å². The summed E-state index contributed by atoms with van der Waals surface area (Å²) >= 11 is 12.7. The van der Waals surface area contributed by atoms with Crippen LogP contribution in [-0.4, -0.2) is 11.1 Å². The van der Waals surface area contributed by atoms with Crippen LogP contribution < -0.4 is 4.90 Å². The minimum Gasteiger partial charge on any atom is -0.268 e. The number of rotatable bonds is 2. The summed E-state index contributed by atoms with van der Waals surface area (Å²) in [5.41, 5.74) is 1.23. The van der Waals surface area contributed by atoms with Gasteiger partial charge in [-0.2, -0.15) is 0 Å². The molecule has 2 aromatic carbocycles. The molecule has 0 bridgehead atoms. The third kappa shape index (κ3) is 3.04. The second-order valence-corrected chi connectivity index (χ2v) is 6.42. The van der Waals surface area contributed by atoms with Crippen LogP contribution in [0, 0.1) is 0 Å². The van der Waals surface area contributed by atoms with Crippen LogP contribution in [0.15, 0.2) is 53.4 Å². The minimum absolute atomic E-state index is 0.347. The average Bonchev–Trinajstić information content (AvgIpc) is 2.73. The van der Waals surface area contributed by atoms with Crippen molar-refractivity contribution in [3.05, 3.63) is 69.0 Å². The Bertz CT molecular complexity index is 804. The van der Waals surface area contributed by atoms with Gasteiger partial charge >= 0.3 is 0 Å². The first kappa shape index (κ1) is 15.2. The fraction of sp³-hybridized carbons (Fsp3) is 0. The maximum absolute atomic E-state index is 12.5. The number of nitrogens with zero attached hydrogens (tertiary/aromatic N) is 1. The van der Waals surface area contributed by atoms with Crippen LogP contribution in [0.5, 0.6) is 0 Å². The van der Waals surface area contributed by atoms with E-state index in [1.165, 1.54) is 0 Å². The largest absolute Gasteiger partial charge is 0.298 e. The zero-order valence-electron chi connectivity index (χ0n) is 11.1. The molecule has 0 N–H and O–H groups in total. The average molecular weight is 350 g/mol. The van der Waals surface area contributed by atoms with Crippen LogP contribution in [0.2, 0.25) is 10.0 Å². The Labute approximate surface area is 141 Å². The third-order valence-electron chi connectivity index (χ3n) is 3.01. The zero-order valence-corrected chi connectivity index (χ0v) is 13.5. The van der Waals surface area contributed by atoms with Crippen molar-refractivity contribution in [1.82, 2.24) is 0 Å². The Balaban J connectivity index is 1.95. The lowest BCUT2D eigenvalue weighted by molar-refractivity contribution is -0.113. The van der Waals surface area contributed by atoms with Gasteiger partial charge in [0.05, 0.1) is 10.6 Å². The Morgan fingerprint density at radius 2 is 1.64 bits per heavy atom. The van der Waals surface area contributed by atoms with Gasteiger partial charge in [0.25, 0.3) is 11.1 Å². The van der Waals surface area contributed by atoms with Crippen molar-refractivity contribution in [3.63, 3.8) is 0 Å². The molecule has 1 saturated heterocycles. The molecule has 0 spiro atoms. The van der Waals surface area contributed by atoms with E-state index in [0.29, 0.717) is 20.6 Å². The number of carbonyl (C=O) groups is 2. The van der Waals surface area contributed by atoms with Crippen LogP contribution in [0.3, 0.4) is 0 Å². The first-order chi connectivity index (χ1) is 10.5. The molecule has 3 nitrogen and oxygen atoms in total. The van der Waals surface area contributed by atoms with E-state index in [2.05, 4.69) is 0 Å². The van der Waals surface area contributed by atoms with Crippen LogP contribution in [0.25, 0.3) is 6.08 Å². The number of hydrogen-bond acceptors (Lipinski definition) is 3. The number of amides is 2. The number of anilines is 1. The van der Waals surface area contributed by atoms with E-state index in [9.17, 15) is 9.59 Å². The fourth-order valence-electron chi connectivity index (χ4n) is 2.05. The van der Waals surface area contributed by atoms with Crippen molar-refractivity contribution < 1.29 is 9.59 Å². The molecule has 0 radical (unpaired) electrons. The van der Waals surface area contributed by atoms with Crippen LogP contribution in [-0.2, 0) is 4.79 Å². The Hall–Kier alpha value is -1.75. The van der Waals surface area contributed by atoms with E-state index >= 15 is 0 Å². The quantitative estimate of drug-likeness (QED) is 0.696. The van der Waals surface area contributed by atoms with Crippen LogP contribution in [0.4, 0.5) is 10.5 Å². The smallest absolute Gasteiger partial charge is 0.268 e. The van der Waals surface area contributed by atoms with E-state index in [1.54, 1.807) is 48.5 Å². The molecule has 0 atom stereocenters. The number of benzene rings is 2. The van der Waals surface area contributed by atoms with Crippen LogP contribution in [0.1, 0.15) is 5.56 Å². The predicted molar refractivity (Wildman–Crippen MR) is 91.4 cm³/mol. The summed E-state index contributed by atoms with van der Waals surface area (Å²) in [4.78, 5) is 26.1. The molecule has 0 saturated carbocycles. The molecular formula is C16H9Cl2NO2S. The SMILES string of the molecule is O=C1S/C(=C\c2cccc(Cl)c2)C(=O)N1c1cccc(Cl)c1. The molecule has 2 amide bonds. The van der Waals surface area contributed by atoms with Gasteiger partial charge in [-0.15, -0.1) is 0 Å². The number of imide groups is 1. The summed E-state index contributed by atoms with van der Waals surface area (Å²) in [5.74, 6) is -0.364. The summed E-state index contributed by atoms with van der Waals surface area (Å²) < 4.78 is 0. The monoisotopic (exact) mass is 349 g/mol. The summed E-state index contributed by atoms with van der Waals surface area (Å²) in [7, 11) is 0. The number of carbonyl (C=O) groups excluding carboxylic acids is 2. The Morgan fingerprint density at radius 3 is 2.32 bits per heavy atom. The summed E-state index contributed by atoms with van der Waals surface area (Å²) in [5, 5.41) is 0.693. The second kappa shape index (κ2) is 6.16. The number of thioether (sulfide) groups is 1. The molecule has 1 heterocycles. The lowest BCUT2D eigenvalue weighted by Gasteiger charge is -2.12. The Morgan fingerprint density at radius 1 is 0.955 bits per heavy atom. The normalized spacial score (nSPS) is 16.6. The van der Waals surface area contributed by atoms with Gasteiger partial charge in [-0.05, 0) is 53.7 Å². The van der Waals surface area contributed by atoms with Crippen molar-refractivity contribution in [2.24, 2.45) is 0 Å². The number of halogens is 2. The van der Waals surface area contributed by atoms with Gasteiger partial charge < -0.3 is 0 Å². The molecule has 2 aromatic rings. The topological polar surface area (TPSA) is 37.4 Å². The molecule has 0 unspecified atom stereocenters. The van der Waals surface area contributed by atoms with E-state index in [4.69, 9.17) is 23.2 Å². The maximum Gasteiger partial charge on any atom is 0.298 e. The molecule has 3 rings (SSSR count). The highest BCUT2D eigenvalue weighted by molar-refractivity contribution is 8.19. The standard InChI is InChI=1S/C16H9Cl2NO2S/c17-11-4-1-3-10(7-11)8-14-15(20)19(16(21)22-14)13-6-2-5-12(18)9-13/h1-9H/b14-8-. The van der Waals surface area contributed by atoms with E-state index < -0.39 is 0 Å². The van der Waals surface area contributed by atoms with Crippen molar-refractivity contribution in [1.29, 1.82) is 0 Å². The fourth-order valence-corrected chi connectivity index (χ4v) is 3.28. The van der Waals surface area contributed by atoms with Crippen molar-refractivity contribution in [3.8, 4) is 0 Å². The molecule has 0 aromatic heterocycles. The van der Waals surface area contributed by atoms with Gasteiger partial charge in [0.1, 0.15) is 0 Å². The first-order valence-electron chi connectivity index (χ1n) is 6.34. The lowest BCUT2D eigenvalue weighted by Crippen LogP contribution is -2.27. The highest BCUT2D eigenvalue weighted by Crippen LogP contribution is 2.36. The lowest BCUT2D eigenvalue weighted by atomic mass is 10.2. The van der Waals surface area contributed by atoms with Gasteiger partial charge in [-0.3, -0.25) is 9.59 Å². The highest BCUT2D eigenvalue weighted by atomic mass is 35.5. The first-order valence-corrected chi connectivity index (χ1v) is 7.91. The van der Waals surface area contributed by atoms with Crippen molar-refractivity contribution >= 4 is 57.9 Å². The van der Waals surface area contributed by atoms with Gasteiger partial charge in [0.15, 0.2) is 0 Å². The summed E-state index contributed by atoms with van der Waals surface area (Å²) in [6.45, 7) is 0. The van der Waals surface area contributed by atoms with Crippen molar-refractivity contribution in [2.45, 2.75) is 0 Å². The maximum atomic E-state index is 12.5. The van der Waals surface area contributed by atoms with E-state index in [0.717, 1.165) is 22.2 Å². The molecular weight excluding hydrogens is 341 g/mol. The Kier molecular flexibility index (Phi) is 4.25. The summed E-state index contributed by atoms with van der Waals surface area (Å²) in [6, 6.07) is 13.7. The molecule has 1 fully saturated rings. The predicted octanol–water partition coefficient (Wildman–Crippen LogP) is 5.23. The zero-order chi connectivity index (χ0) is 15.7. The highest BCUT2D eigenvalue weighted by Gasteiger charge is 2.36. The molecule has 1 aliphatic rings. The minimum atomic E-state index is -0.364. The van der Waals surface area contributed by atoms with E-state index in [1.807, 2.05) is 6.07 Å². The molecule has 0 aliphatic carbocycles. The molecule has 1 aliphatic heterocycles. The molecule has 6 heteroatoms. The third-order valence-corrected chi connectivity index (χ3v) is 4.35. The van der Waals surface area contributed by atoms with Gasteiger partial charge in [0, 0.05) is 10.0 Å². The summed E-state index contributed by atoms with van der Waals surface area (Å²) in [6.07, 6.45) is 1.65.